The number of amides is 2. The first-order chi connectivity index (χ1) is 14.2. The van der Waals surface area contributed by atoms with E-state index in [1.54, 1.807) is 54.5 Å². The number of benzene rings is 2. The topological polar surface area (TPSA) is 96.0 Å². The fraction of sp³-hybridized carbons (Fsp3) is 0.333. The van der Waals surface area contributed by atoms with Crippen molar-refractivity contribution in [3.63, 3.8) is 0 Å². The van der Waals surface area contributed by atoms with E-state index < -0.39 is 15.9 Å². The first kappa shape index (κ1) is 21.8. The molecule has 2 aromatic carbocycles. The Balaban J connectivity index is 1.69. The molecule has 8 nitrogen and oxygen atoms in total. The molecule has 0 radical (unpaired) electrons. The second-order valence-corrected chi connectivity index (χ2v) is 9.34. The maximum atomic E-state index is 12.7. The highest BCUT2D eigenvalue weighted by molar-refractivity contribution is 7.89. The largest absolute Gasteiger partial charge is 0.497 e. The SMILES string of the molecule is COc1cccc(N2C[C@H](C(=O)NCc3ccccc3S(=O)(=O)N(C)C)CC2=O)c1. The molecule has 1 atom stereocenters. The molecule has 0 bridgehead atoms. The van der Waals surface area contributed by atoms with Gasteiger partial charge in [0, 0.05) is 45.4 Å². The summed E-state index contributed by atoms with van der Waals surface area (Å²) in [6, 6.07) is 13.7. The lowest BCUT2D eigenvalue weighted by atomic mass is 10.1. The molecule has 1 fully saturated rings. The van der Waals surface area contributed by atoms with Crippen LogP contribution in [0.1, 0.15) is 12.0 Å². The van der Waals surface area contributed by atoms with Gasteiger partial charge in [-0.3, -0.25) is 9.59 Å². The molecule has 1 heterocycles. The lowest BCUT2D eigenvalue weighted by Crippen LogP contribution is -2.33. The number of nitrogens with zero attached hydrogens (tertiary/aromatic N) is 2. The van der Waals surface area contributed by atoms with Crippen molar-refractivity contribution in [2.24, 2.45) is 5.92 Å². The van der Waals surface area contributed by atoms with Crippen molar-refractivity contribution in [3.8, 4) is 5.75 Å². The summed E-state index contributed by atoms with van der Waals surface area (Å²) in [6.45, 7) is 0.321. The molecule has 1 N–H and O–H groups in total. The van der Waals surface area contributed by atoms with Gasteiger partial charge in [0.15, 0.2) is 0 Å². The summed E-state index contributed by atoms with van der Waals surface area (Å²) in [5, 5.41) is 2.78. The first-order valence-electron chi connectivity index (χ1n) is 9.46. The first-order valence-corrected chi connectivity index (χ1v) is 10.9. The van der Waals surface area contributed by atoms with Gasteiger partial charge in [-0.15, -0.1) is 0 Å². The van der Waals surface area contributed by atoms with E-state index in [0.29, 0.717) is 17.0 Å². The van der Waals surface area contributed by atoms with Gasteiger partial charge in [-0.25, -0.2) is 12.7 Å². The van der Waals surface area contributed by atoms with Crippen LogP contribution in [0.2, 0.25) is 0 Å². The molecule has 0 aliphatic carbocycles. The van der Waals surface area contributed by atoms with Crippen LogP contribution < -0.4 is 15.0 Å². The monoisotopic (exact) mass is 431 g/mol. The predicted octanol–water partition coefficient (Wildman–Crippen LogP) is 1.61. The summed E-state index contributed by atoms with van der Waals surface area (Å²) in [4.78, 5) is 26.8. The van der Waals surface area contributed by atoms with Gasteiger partial charge < -0.3 is 15.0 Å². The summed E-state index contributed by atoms with van der Waals surface area (Å²) in [5.74, 6) is -0.307. The van der Waals surface area contributed by atoms with Gasteiger partial charge in [0.25, 0.3) is 0 Å². The molecule has 3 rings (SSSR count). The number of sulfonamides is 1. The summed E-state index contributed by atoms with van der Waals surface area (Å²) in [7, 11) is 0.845. The highest BCUT2D eigenvalue weighted by Crippen LogP contribution is 2.28. The molecule has 2 amide bonds. The average Bonchev–Trinajstić information content (AvgIpc) is 3.13. The Morgan fingerprint density at radius 2 is 1.93 bits per heavy atom. The maximum Gasteiger partial charge on any atom is 0.242 e. The van der Waals surface area contributed by atoms with Crippen LogP contribution in [0.25, 0.3) is 0 Å². The number of carbonyl (C=O) groups excluding carboxylic acids is 2. The zero-order chi connectivity index (χ0) is 21.9. The van der Waals surface area contributed by atoms with E-state index >= 15 is 0 Å². The maximum absolute atomic E-state index is 12.7. The number of methoxy groups -OCH3 is 1. The van der Waals surface area contributed by atoms with Gasteiger partial charge in [-0.05, 0) is 23.8 Å². The quantitative estimate of drug-likeness (QED) is 0.719. The third-order valence-corrected chi connectivity index (χ3v) is 6.96. The molecule has 0 aromatic heterocycles. The molecule has 0 saturated carbocycles. The summed E-state index contributed by atoms with van der Waals surface area (Å²) in [5.41, 5.74) is 1.17. The van der Waals surface area contributed by atoms with E-state index in [0.717, 1.165) is 4.31 Å². The van der Waals surface area contributed by atoms with Gasteiger partial charge in [-0.2, -0.15) is 0 Å². The van der Waals surface area contributed by atoms with Crippen LogP contribution in [-0.4, -0.2) is 52.3 Å². The van der Waals surface area contributed by atoms with Crippen molar-refractivity contribution in [2.45, 2.75) is 17.9 Å². The Morgan fingerprint density at radius 1 is 1.20 bits per heavy atom. The lowest BCUT2D eigenvalue weighted by molar-refractivity contribution is -0.126. The number of hydrogen-bond acceptors (Lipinski definition) is 5. The van der Waals surface area contributed by atoms with Crippen LogP contribution in [0.4, 0.5) is 5.69 Å². The molecule has 0 unspecified atom stereocenters. The normalized spacial score (nSPS) is 16.7. The van der Waals surface area contributed by atoms with E-state index in [2.05, 4.69) is 5.32 Å². The molecule has 30 heavy (non-hydrogen) atoms. The Hall–Kier alpha value is -2.91. The smallest absolute Gasteiger partial charge is 0.242 e. The average molecular weight is 432 g/mol. The molecule has 1 aliphatic heterocycles. The van der Waals surface area contributed by atoms with Gasteiger partial charge in [-0.1, -0.05) is 24.3 Å². The van der Waals surface area contributed by atoms with Crippen molar-refractivity contribution in [1.29, 1.82) is 0 Å². The van der Waals surface area contributed by atoms with Crippen molar-refractivity contribution < 1.29 is 22.7 Å². The Bertz CT molecular complexity index is 1050. The summed E-state index contributed by atoms with van der Waals surface area (Å²) >= 11 is 0. The number of anilines is 1. The minimum atomic E-state index is -3.63. The minimum Gasteiger partial charge on any atom is -0.497 e. The number of nitrogens with one attached hydrogen (secondary N) is 1. The molecular weight excluding hydrogens is 406 g/mol. The van der Waals surface area contributed by atoms with Crippen LogP contribution >= 0.6 is 0 Å². The molecule has 2 aromatic rings. The van der Waals surface area contributed by atoms with Crippen molar-refractivity contribution in [1.82, 2.24) is 9.62 Å². The van der Waals surface area contributed by atoms with E-state index in [1.165, 1.54) is 20.2 Å². The van der Waals surface area contributed by atoms with Crippen molar-refractivity contribution in [2.75, 3.05) is 32.6 Å². The lowest BCUT2D eigenvalue weighted by Gasteiger charge is -2.18. The van der Waals surface area contributed by atoms with Crippen LogP contribution in [-0.2, 0) is 26.2 Å². The molecule has 0 spiro atoms. The molecule has 9 heteroatoms. The Kier molecular flexibility index (Phi) is 6.42. The Labute approximate surface area is 176 Å². The van der Waals surface area contributed by atoms with Crippen LogP contribution in [0.3, 0.4) is 0 Å². The molecule has 160 valence electrons. The van der Waals surface area contributed by atoms with Gasteiger partial charge in [0.2, 0.25) is 21.8 Å². The highest BCUT2D eigenvalue weighted by atomic mass is 32.2. The third kappa shape index (κ3) is 4.47. The van der Waals surface area contributed by atoms with Crippen LogP contribution in [0.5, 0.6) is 5.75 Å². The number of ether oxygens (including phenoxy) is 1. The second-order valence-electron chi connectivity index (χ2n) is 7.22. The van der Waals surface area contributed by atoms with Crippen molar-refractivity contribution >= 4 is 27.5 Å². The van der Waals surface area contributed by atoms with Gasteiger partial charge in [0.1, 0.15) is 5.75 Å². The molecular formula is C21H25N3O5S. The van der Waals surface area contributed by atoms with Gasteiger partial charge in [0.05, 0.1) is 17.9 Å². The number of hydrogen-bond donors (Lipinski definition) is 1. The zero-order valence-corrected chi connectivity index (χ0v) is 18.0. The minimum absolute atomic E-state index is 0.0614. The Morgan fingerprint density at radius 3 is 2.63 bits per heavy atom. The fourth-order valence-electron chi connectivity index (χ4n) is 3.34. The van der Waals surface area contributed by atoms with Crippen LogP contribution in [0, 0.1) is 5.92 Å². The van der Waals surface area contributed by atoms with E-state index in [9.17, 15) is 18.0 Å². The standard InChI is InChI=1S/C21H25N3O5S/c1-23(2)30(27,28)19-10-5-4-7-15(19)13-22-21(26)16-11-20(25)24(14-16)17-8-6-9-18(12-17)29-3/h4-10,12,16H,11,13-14H2,1-3H3,(H,22,26)/t16-/m1/s1. The predicted molar refractivity (Wildman–Crippen MR) is 113 cm³/mol. The van der Waals surface area contributed by atoms with Gasteiger partial charge >= 0.3 is 0 Å². The molecule has 1 aliphatic rings. The fourth-order valence-corrected chi connectivity index (χ4v) is 4.45. The zero-order valence-electron chi connectivity index (χ0n) is 17.2. The third-order valence-electron chi connectivity index (χ3n) is 5.05. The number of carbonyl (C=O) groups is 2. The summed E-state index contributed by atoms with van der Waals surface area (Å²) < 4.78 is 31.3. The van der Waals surface area contributed by atoms with E-state index in [1.807, 2.05) is 0 Å². The van der Waals surface area contributed by atoms with E-state index in [4.69, 9.17) is 4.74 Å². The number of rotatable bonds is 7. The highest BCUT2D eigenvalue weighted by Gasteiger charge is 2.35. The van der Waals surface area contributed by atoms with Crippen LogP contribution in [0.15, 0.2) is 53.4 Å². The second kappa shape index (κ2) is 8.85. The molecule has 1 saturated heterocycles. The summed E-state index contributed by atoms with van der Waals surface area (Å²) in [6.07, 6.45) is 0.0979. The van der Waals surface area contributed by atoms with E-state index in [-0.39, 0.29) is 36.2 Å². The van der Waals surface area contributed by atoms with Crippen molar-refractivity contribution in [3.05, 3.63) is 54.1 Å².